The van der Waals surface area contributed by atoms with Crippen LogP contribution in [0.15, 0.2) is 36.9 Å². The molecule has 1 aliphatic heterocycles. The standard InChI is InChI=1S/C21H22N6O2/c1-28-17-11-24-7-4-14(17)12-8-15-18-16(27-21(15)26-9-12)10-25-20(22)19(18)29-13-2-5-23-6-3-13/h4,7-11,13,23H,2-3,5-6H2,1H3,(H2,22,25)(H,26,27). The molecule has 1 saturated heterocycles. The van der Waals surface area contributed by atoms with E-state index in [1.54, 1.807) is 25.7 Å². The number of hydrogen-bond acceptors (Lipinski definition) is 7. The van der Waals surface area contributed by atoms with Gasteiger partial charge in [-0.2, -0.15) is 0 Å². The number of anilines is 1. The van der Waals surface area contributed by atoms with Crippen molar-refractivity contribution in [2.45, 2.75) is 18.9 Å². The van der Waals surface area contributed by atoms with E-state index in [9.17, 15) is 0 Å². The fourth-order valence-corrected chi connectivity index (χ4v) is 3.88. The maximum Gasteiger partial charge on any atom is 0.171 e. The summed E-state index contributed by atoms with van der Waals surface area (Å²) in [5.41, 5.74) is 9.71. The number of methoxy groups -OCH3 is 1. The van der Waals surface area contributed by atoms with E-state index < -0.39 is 0 Å². The minimum absolute atomic E-state index is 0.118. The van der Waals surface area contributed by atoms with Gasteiger partial charge in [0, 0.05) is 28.9 Å². The smallest absolute Gasteiger partial charge is 0.171 e. The van der Waals surface area contributed by atoms with Crippen molar-refractivity contribution in [3.8, 4) is 22.6 Å². The number of H-pyrrole nitrogens is 1. The van der Waals surface area contributed by atoms with Crippen molar-refractivity contribution in [3.05, 3.63) is 36.9 Å². The lowest BCUT2D eigenvalue weighted by molar-refractivity contribution is 0.165. The number of nitrogens with two attached hydrogens (primary N) is 1. The number of rotatable bonds is 4. The molecule has 0 amide bonds. The van der Waals surface area contributed by atoms with Crippen LogP contribution < -0.4 is 20.5 Å². The zero-order chi connectivity index (χ0) is 19.8. The van der Waals surface area contributed by atoms with Crippen LogP contribution in [0.3, 0.4) is 0 Å². The molecule has 148 valence electrons. The van der Waals surface area contributed by atoms with Crippen LogP contribution in [0.1, 0.15) is 12.8 Å². The molecule has 5 rings (SSSR count). The van der Waals surface area contributed by atoms with Gasteiger partial charge in [-0.3, -0.25) is 4.98 Å². The van der Waals surface area contributed by atoms with Crippen LogP contribution in [0, 0.1) is 0 Å². The number of piperidine rings is 1. The third kappa shape index (κ3) is 3.11. The van der Waals surface area contributed by atoms with E-state index >= 15 is 0 Å². The number of fused-ring (bicyclic) bond motifs is 3. The number of aromatic nitrogens is 4. The van der Waals surface area contributed by atoms with E-state index in [-0.39, 0.29) is 6.10 Å². The Labute approximate surface area is 167 Å². The maximum atomic E-state index is 6.35. The molecule has 29 heavy (non-hydrogen) atoms. The first-order valence-electron chi connectivity index (χ1n) is 9.66. The average molecular weight is 390 g/mol. The summed E-state index contributed by atoms with van der Waals surface area (Å²) in [5, 5.41) is 5.20. The van der Waals surface area contributed by atoms with E-state index in [0.29, 0.717) is 17.3 Å². The lowest BCUT2D eigenvalue weighted by Crippen LogP contribution is -2.34. The predicted molar refractivity (Wildman–Crippen MR) is 112 cm³/mol. The van der Waals surface area contributed by atoms with E-state index in [2.05, 4.69) is 31.3 Å². The van der Waals surface area contributed by atoms with Crippen molar-refractivity contribution in [1.29, 1.82) is 0 Å². The van der Waals surface area contributed by atoms with Crippen molar-refractivity contribution in [1.82, 2.24) is 25.3 Å². The number of aromatic amines is 1. The minimum Gasteiger partial charge on any atom is -0.494 e. The Bertz CT molecular complexity index is 1180. The Morgan fingerprint density at radius 2 is 2.00 bits per heavy atom. The van der Waals surface area contributed by atoms with E-state index in [1.807, 2.05) is 12.3 Å². The molecular formula is C21H22N6O2. The molecule has 1 aliphatic rings. The second-order valence-corrected chi connectivity index (χ2v) is 7.15. The summed E-state index contributed by atoms with van der Waals surface area (Å²) in [6.07, 6.45) is 8.99. The second kappa shape index (κ2) is 7.21. The van der Waals surface area contributed by atoms with Crippen LogP contribution in [-0.4, -0.2) is 46.2 Å². The fourth-order valence-electron chi connectivity index (χ4n) is 3.88. The molecule has 5 heterocycles. The van der Waals surface area contributed by atoms with Crippen molar-refractivity contribution in [3.63, 3.8) is 0 Å². The van der Waals surface area contributed by atoms with Crippen LogP contribution in [0.25, 0.3) is 33.1 Å². The summed E-state index contributed by atoms with van der Waals surface area (Å²) in [5.74, 6) is 1.71. The van der Waals surface area contributed by atoms with E-state index in [1.165, 1.54) is 0 Å². The van der Waals surface area contributed by atoms with Gasteiger partial charge in [0.05, 0.1) is 30.4 Å². The van der Waals surface area contributed by atoms with Crippen LogP contribution in [0.2, 0.25) is 0 Å². The summed E-state index contributed by atoms with van der Waals surface area (Å²) < 4.78 is 11.8. The topological polar surface area (TPSA) is 111 Å². The highest BCUT2D eigenvalue weighted by Crippen LogP contribution is 2.39. The Balaban J connectivity index is 1.68. The first-order valence-corrected chi connectivity index (χ1v) is 9.66. The fraction of sp³-hybridized carbons (Fsp3) is 0.286. The van der Waals surface area contributed by atoms with Crippen LogP contribution >= 0.6 is 0 Å². The number of pyridine rings is 3. The summed E-state index contributed by atoms with van der Waals surface area (Å²) in [4.78, 5) is 16.4. The van der Waals surface area contributed by atoms with Crippen LogP contribution in [0.4, 0.5) is 5.82 Å². The highest BCUT2D eigenvalue weighted by atomic mass is 16.5. The summed E-state index contributed by atoms with van der Waals surface area (Å²) >= 11 is 0. The molecule has 8 nitrogen and oxygen atoms in total. The highest BCUT2D eigenvalue weighted by Gasteiger charge is 2.21. The lowest BCUT2D eigenvalue weighted by Gasteiger charge is -2.24. The zero-order valence-electron chi connectivity index (χ0n) is 16.1. The largest absolute Gasteiger partial charge is 0.494 e. The van der Waals surface area contributed by atoms with Gasteiger partial charge in [0.15, 0.2) is 11.6 Å². The molecule has 0 atom stereocenters. The van der Waals surface area contributed by atoms with Gasteiger partial charge < -0.3 is 25.5 Å². The van der Waals surface area contributed by atoms with Crippen molar-refractivity contribution in [2.24, 2.45) is 0 Å². The molecule has 4 aromatic heterocycles. The number of nitrogens with zero attached hydrogens (tertiary/aromatic N) is 3. The molecule has 0 saturated carbocycles. The van der Waals surface area contributed by atoms with Gasteiger partial charge in [0.2, 0.25) is 0 Å². The van der Waals surface area contributed by atoms with Gasteiger partial charge in [-0.25, -0.2) is 9.97 Å². The first-order chi connectivity index (χ1) is 14.2. The quantitative estimate of drug-likeness (QED) is 0.491. The van der Waals surface area contributed by atoms with Crippen molar-refractivity contribution in [2.75, 3.05) is 25.9 Å². The molecule has 0 aliphatic carbocycles. The van der Waals surface area contributed by atoms with Crippen molar-refractivity contribution >= 4 is 27.8 Å². The zero-order valence-corrected chi connectivity index (χ0v) is 16.1. The molecule has 8 heteroatoms. The van der Waals surface area contributed by atoms with Crippen molar-refractivity contribution < 1.29 is 9.47 Å². The third-order valence-electron chi connectivity index (χ3n) is 5.36. The SMILES string of the molecule is COc1cnccc1-c1cnc2[nH]c3cnc(N)c(OC4CCNCC4)c3c2c1. The molecular weight excluding hydrogens is 368 g/mol. The molecule has 0 unspecified atom stereocenters. The molecule has 4 aromatic rings. The second-order valence-electron chi connectivity index (χ2n) is 7.15. The molecule has 0 radical (unpaired) electrons. The molecule has 0 spiro atoms. The predicted octanol–water partition coefficient (Wildman–Crippen LogP) is 2.89. The van der Waals surface area contributed by atoms with Crippen LogP contribution in [0.5, 0.6) is 11.5 Å². The highest BCUT2D eigenvalue weighted by molar-refractivity contribution is 6.11. The van der Waals surface area contributed by atoms with Gasteiger partial charge in [-0.1, -0.05) is 0 Å². The Kier molecular flexibility index (Phi) is 4.40. The Hall–Kier alpha value is -3.39. The summed E-state index contributed by atoms with van der Waals surface area (Å²) in [6.45, 7) is 1.88. The summed E-state index contributed by atoms with van der Waals surface area (Å²) in [6, 6.07) is 3.99. The monoisotopic (exact) mass is 390 g/mol. The maximum absolute atomic E-state index is 6.35. The minimum atomic E-state index is 0.118. The Morgan fingerprint density at radius 1 is 1.14 bits per heavy atom. The van der Waals surface area contributed by atoms with E-state index in [4.69, 9.17) is 15.2 Å². The normalized spacial score (nSPS) is 15.1. The van der Waals surface area contributed by atoms with Gasteiger partial charge in [0.25, 0.3) is 0 Å². The van der Waals surface area contributed by atoms with E-state index in [0.717, 1.165) is 59.0 Å². The first kappa shape index (κ1) is 17.7. The number of ether oxygens (including phenoxy) is 2. The van der Waals surface area contributed by atoms with Gasteiger partial charge in [-0.15, -0.1) is 0 Å². The number of nitrogen functional groups attached to an aromatic ring is 1. The van der Waals surface area contributed by atoms with Crippen LogP contribution in [-0.2, 0) is 0 Å². The molecule has 0 aromatic carbocycles. The number of nitrogens with one attached hydrogen (secondary N) is 2. The third-order valence-corrected chi connectivity index (χ3v) is 5.36. The molecule has 1 fully saturated rings. The van der Waals surface area contributed by atoms with Gasteiger partial charge >= 0.3 is 0 Å². The molecule has 0 bridgehead atoms. The number of hydrogen-bond donors (Lipinski definition) is 3. The lowest BCUT2D eigenvalue weighted by atomic mass is 10.1. The molecule has 4 N–H and O–H groups in total. The summed E-state index contributed by atoms with van der Waals surface area (Å²) in [7, 11) is 1.63. The van der Waals surface area contributed by atoms with Gasteiger partial charge in [-0.05, 0) is 38.1 Å². The Morgan fingerprint density at radius 3 is 2.83 bits per heavy atom. The van der Waals surface area contributed by atoms with Gasteiger partial charge in [0.1, 0.15) is 17.5 Å². The average Bonchev–Trinajstić information content (AvgIpc) is 3.14.